The van der Waals surface area contributed by atoms with Gasteiger partial charge in [-0.2, -0.15) is 0 Å². The lowest BCUT2D eigenvalue weighted by Gasteiger charge is -2.12. The van der Waals surface area contributed by atoms with E-state index >= 15 is 0 Å². The fourth-order valence-corrected chi connectivity index (χ4v) is 3.18. The molecule has 2 amide bonds. The quantitative estimate of drug-likeness (QED) is 0.594. The van der Waals surface area contributed by atoms with Crippen LogP contribution in [0.4, 0.5) is 0 Å². The highest BCUT2D eigenvalue weighted by atomic mass is 32.1. The van der Waals surface area contributed by atoms with Crippen molar-refractivity contribution in [3.8, 4) is 0 Å². The van der Waals surface area contributed by atoms with E-state index in [1.165, 1.54) is 11.3 Å². The molecule has 0 spiro atoms. The molecule has 2 heterocycles. The number of rotatable bonds is 6. The van der Waals surface area contributed by atoms with Crippen LogP contribution < -0.4 is 0 Å². The summed E-state index contributed by atoms with van der Waals surface area (Å²) in [6.07, 6.45) is 0.814. The van der Waals surface area contributed by atoms with Gasteiger partial charge in [0.15, 0.2) is 0 Å². The molecule has 1 aromatic carbocycles. The largest absolute Gasteiger partial charge is 0.459 e. The SMILES string of the molecule is CCc1nc(COC(=O)CCN2C(=O)c3ccccc3C2=O)cs1. The molecule has 0 saturated heterocycles. The molecular weight excluding hydrogens is 328 g/mol. The second-order valence-electron chi connectivity index (χ2n) is 5.30. The number of thiazole rings is 1. The first kappa shape index (κ1) is 16.3. The molecule has 0 atom stereocenters. The Morgan fingerprint density at radius 3 is 2.46 bits per heavy atom. The molecule has 3 rings (SSSR count). The monoisotopic (exact) mass is 344 g/mol. The van der Waals surface area contributed by atoms with Crippen LogP contribution in [-0.2, 0) is 22.6 Å². The van der Waals surface area contributed by atoms with Gasteiger partial charge in [0.1, 0.15) is 6.61 Å². The Bertz CT molecular complexity index is 764. The van der Waals surface area contributed by atoms with Crippen LogP contribution in [-0.4, -0.2) is 34.2 Å². The average molecular weight is 344 g/mol. The van der Waals surface area contributed by atoms with Crippen LogP contribution in [0.5, 0.6) is 0 Å². The molecule has 0 bridgehead atoms. The third-order valence-corrected chi connectivity index (χ3v) is 4.74. The van der Waals surface area contributed by atoms with E-state index in [2.05, 4.69) is 4.98 Å². The number of amides is 2. The van der Waals surface area contributed by atoms with Gasteiger partial charge in [-0.25, -0.2) is 4.98 Å². The van der Waals surface area contributed by atoms with Crippen molar-refractivity contribution < 1.29 is 19.1 Å². The minimum Gasteiger partial charge on any atom is -0.459 e. The molecule has 1 aromatic heterocycles. The zero-order valence-electron chi connectivity index (χ0n) is 13.2. The molecule has 0 aliphatic carbocycles. The molecule has 0 fully saturated rings. The Balaban J connectivity index is 1.52. The van der Waals surface area contributed by atoms with E-state index in [1.54, 1.807) is 24.3 Å². The molecule has 0 N–H and O–H groups in total. The first-order valence-electron chi connectivity index (χ1n) is 7.64. The second kappa shape index (κ2) is 6.92. The van der Waals surface area contributed by atoms with Crippen molar-refractivity contribution in [2.75, 3.05) is 6.54 Å². The summed E-state index contributed by atoms with van der Waals surface area (Å²) in [6, 6.07) is 6.64. The Labute approximate surface area is 143 Å². The minimum absolute atomic E-state index is 0.0163. The normalized spacial score (nSPS) is 13.3. The first-order chi connectivity index (χ1) is 11.6. The number of hydrogen-bond acceptors (Lipinski definition) is 6. The van der Waals surface area contributed by atoms with E-state index < -0.39 is 5.97 Å². The van der Waals surface area contributed by atoms with Gasteiger partial charge in [0.05, 0.1) is 28.2 Å². The van der Waals surface area contributed by atoms with Crippen molar-refractivity contribution >= 4 is 29.1 Å². The first-order valence-corrected chi connectivity index (χ1v) is 8.52. The summed E-state index contributed by atoms with van der Waals surface area (Å²) in [7, 11) is 0. The van der Waals surface area contributed by atoms with E-state index in [4.69, 9.17) is 4.74 Å². The maximum absolute atomic E-state index is 12.2. The van der Waals surface area contributed by atoms with Gasteiger partial charge < -0.3 is 4.74 Å². The summed E-state index contributed by atoms with van der Waals surface area (Å²) in [4.78, 5) is 41.6. The maximum Gasteiger partial charge on any atom is 0.307 e. The van der Waals surface area contributed by atoms with Gasteiger partial charge in [0.25, 0.3) is 11.8 Å². The Morgan fingerprint density at radius 1 is 1.21 bits per heavy atom. The molecular formula is C17H16N2O4S. The number of carbonyl (C=O) groups is 3. The Morgan fingerprint density at radius 2 is 1.88 bits per heavy atom. The smallest absolute Gasteiger partial charge is 0.307 e. The number of imide groups is 1. The number of hydrogen-bond donors (Lipinski definition) is 0. The van der Waals surface area contributed by atoms with Crippen LogP contribution in [0.25, 0.3) is 0 Å². The predicted molar refractivity (Wildman–Crippen MR) is 87.7 cm³/mol. The van der Waals surface area contributed by atoms with E-state index in [0.29, 0.717) is 16.8 Å². The van der Waals surface area contributed by atoms with Crippen LogP contribution in [0.15, 0.2) is 29.6 Å². The number of ether oxygens (including phenoxy) is 1. The number of carbonyl (C=O) groups excluding carboxylic acids is 3. The molecule has 0 saturated carbocycles. The van der Waals surface area contributed by atoms with Gasteiger partial charge in [0.2, 0.25) is 0 Å². The summed E-state index contributed by atoms with van der Waals surface area (Å²) in [5.74, 6) is -1.19. The second-order valence-corrected chi connectivity index (χ2v) is 6.25. The fraction of sp³-hybridized carbons (Fsp3) is 0.294. The lowest BCUT2D eigenvalue weighted by Crippen LogP contribution is -2.32. The predicted octanol–water partition coefficient (Wildman–Crippen LogP) is 2.44. The maximum atomic E-state index is 12.2. The van der Waals surface area contributed by atoms with Gasteiger partial charge >= 0.3 is 5.97 Å². The highest BCUT2D eigenvalue weighted by Crippen LogP contribution is 2.22. The molecule has 6 nitrogen and oxygen atoms in total. The van der Waals surface area contributed by atoms with Crippen molar-refractivity contribution in [3.05, 3.63) is 51.5 Å². The lowest BCUT2D eigenvalue weighted by atomic mass is 10.1. The third-order valence-electron chi connectivity index (χ3n) is 3.70. The average Bonchev–Trinajstić information content (AvgIpc) is 3.16. The van der Waals surface area contributed by atoms with Gasteiger partial charge in [-0.1, -0.05) is 19.1 Å². The Kier molecular flexibility index (Phi) is 4.71. The van der Waals surface area contributed by atoms with Crippen molar-refractivity contribution in [2.24, 2.45) is 0 Å². The molecule has 1 aliphatic heterocycles. The topological polar surface area (TPSA) is 76.6 Å². The summed E-state index contributed by atoms with van der Waals surface area (Å²) >= 11 is 1.53. The van der Waals surface area contributed by atoms with Gasteiger partial charge in [-0.3, -0.25) is 19.3 Å². The number of esters is 1. The summed E-state index contributed by atoms with van der Waals surface area (Å²) in [5.41, 5.74) is 1.47. The number of nitrogens with zero attached hydrogens (tertiary/aromatic N) is 2. The molecule has 0 unspecified atom stereocenters. The van der Waals surface area contributed by atoms with E-state index in [9.17, 15) is 14.4 Å². The zero-order chi connectivity index (χ0) is 17.1. The van der Waals surface area contributed by atoms with Crippen molar-refractivity contribution in [2.45, 2.75) is 26.4 Å². The number of benzene rings is 1. The van der Waals surface area contributed by atoms with Crippen molar-refractivity contribution in [1.82, 2.24) is 9.88 Å². The van der Waals surface area contributed by atoms with Crippen LogP contribution in [0.3, 0.4) is 0 Å². The molecule has 0 radical (unpaired) electrons. The van der Waals surface area contributed by atoms with Gasteiger partial charge in [-0.05, 0) is 18.6 Å². The van der Waals surface area contributed by atoms with Crippen LogP contribution in [0, 0.1) is 0 Å². The molecule has 2 aromatic rings. The molecule has 7 heteroatoms. The third kappa shape index (κ3) is 3.21. The standard InChI is InChI=1S/C17H16N2O4S/c1-2-14-18-11(10-24-14)9-23-15(20)7-8-19-16(21)12-5-3-4-6-13(12)17(19)22/h3-6,10H,2,7-9H2,1H3. The zero-order valence-corrected chi connectivity index (χ0v) is 14.0. The van der Waals surface area contributed by atoms with Crippen LogP contribution in [0.1, 0.15) is 44.8 Å². The highest BCUT2D eigenvalue weighted by molar-refractivity contribution is 7.09. The summed E-state index contributed by atoms with van der Waals surface area (Å²) < 4.78 is 5.15. The minimum atomic E-state index is -0.461. The number of aromatic nitrogens is 1. The highest BCUT2D eigenvalue weighted by Gasteiger charge is 2.35. The van der Waals surface area contributed by atoms with Crippen molar-refractivity contribution in [3.63, 3.8) is 0 Å². The van der Waals surface area contributed by atoms with E-state index in [1.807, 2.05) is 12.3 Å². The molecule has 24 heavy (non-hydrogen) atoms. The van der Waals surface area contributed by atoms with Gasteiger partial charge in [0, 0.05) is 11.9 Å². The number of fused-ring (bicyclic) bond motifs is 1. The lowest BCUT2D eigenvalue weighted by molar-refractivity contribution is -0.145. The van der Waals surface area contributed by atoms with Crippen LogP contribution in [0.2, 0.25) is 0 Å². The van der Waals surface area contributed by atoms with Crippen molar-refractivity contribution in [1.29, 1.82) is 0 Å². The van der Waals surface area contributed by atoms with E-state index in [-0.39, 0.29) is 31.4 Å². The van der Waals surface area contributed by atoms with Gasteiger partial charge in [-0.15, -0.1) is 11.3 Å². The Hall–Kier alpha value is -2.54. The fourth-order valence-electron chi connectivity index (χ4n) is 2.45. The van der Waals surface area contributed by atoms with Crippen LogP contribution >= 0.6 is 11.3 Å². The molecule has 1 aliphatic rings. The van der Waals surface area contributed by atoms with E-state index in [0.717, 1.165) is 16.3 Å². The number of aryl methyl sites for hydroxylation is 1. The summed E-state index contributed by atoms with van der Waals surface area (Å²) in [5, 5.41) is 2.85. The molecule has 124 valence electrons. The summed E-state index contributed by atoms with van der Waals surface area (Å²) in [6.45, 7) is 2.14.